The minimum Gasteiger partial charge on any atom is -0.495 e. The lowest BCUT2D eigenvalue weighted by Crippen LogP contribution is -2.14. The van der Waals surface area contributed by atoms with Crippen molar-refractivity contribution in [3.63, 3.8) is 0 Å². The second kappa shape index (κ2) is 6.39. The molecular formula is C12H9BrCl2N2O3S. The summed E-state index contributed by atoms with van der Waals surface area (Å²) in [5.74, 6) is 0.384. The largest absolute Gasteiger partial charge is 0.495 e. The summed E-state index contributed by atoms with van der Waals surface area (Å²) in [6, 6.07) is 6.18. The molecule has 0 unspecified atom stereocenters. The number of halogens is 3. The van der Waals surface area contributed by atoms with Crippen molar-refractivity contribution in [3.05, 3.63) is 45.1 Å². The van der Waals surface area contributed by atoms with Gasteiger partial charge in [-0.15, -0.1) is 0 Å². The van der Waals surface area contributed by atoms with Crippen LogP contribution in [0.1, 0.15) is 0 Å². The summed E-state index contributed by atoms with van der Waals surface area (Å²) < 4.78 is 32.9. The Morgan fingerprint density at radius 1 is 1.29 bits per heavy atom. The van der Waals surface area contributed by atoms with E-state index >= 15 is 0 Å². The van der Waals surface area contributed by atoms with Gasteiger partial charge in [-0.05, 0) is 24.3 Å². The van der Waals surface area contributed by atoms with Crippen molar-refractivity contribution in [1.29, 1.82) is 0 Å². The summed E-state index contributed by atoms with van der Waals surface area (Å²) >= 11 is 14.7. The van der Waals surface area contributed by atoms with Gasteiger partial charge in [0.15, 0.2) is 0 Å². The zero-order valence-electron chi connectivity index (χ0n) is 10.6. The lowest BCUT2D eigenvalue weighted by Gasteiger charge is -2.12. The molecule has 0 bridgehead atoms. The van der Waals surface area contributed by atoms with E-state index in [1.807, 2.05) is 0 Å². The highest BCUT2D eigenvalue weighted by Gasteiger charge is 2.18. The van der Waals surface area contributed by atoms with E-state index in [1.54, 1.807) is 18.2 Å². The summed E-state index contributed by atoms with van der Waals surface area (Å²) in [5.41, 5.74) is 0.290. The molecule has 21 heavy (non-hydrogen) atoms. The third kappa shape index (κ3) is 3.79. The van der Waals surface area contributed by atoms with Gasteiger partial charge in [0.25, 0.3) is 10.0 Å². The van der Waals surface area contributed by atoms with Crippen LogP contribution in [-0.2, 0) is 10.0 Å². The van der Waals surface area contributed by atoms with Crippen LogP contribution in [0.4, 0.5) is 5.69 Å². The fourth-order valence-corrected chi connectivity index (χ4v) is 3.24. The van der Waals surface area contributed by atoms with Gasteiger partial charge in [-0.3, -0.25) is 4.72 Å². The van der Waals surface area contributed by atoms with Crippen LogP contribution in [-0.4, -0.2) is 20.5 Å². The number of aromatic nitrogens is 1. The van der Waals surface area contributed by atoms with Crippen molar-refractivity contribution in [2.24, 2.45) is 0 Å². The average molecular weight is 412 g/mol. The van der Waals surface area contributed by atoms with Crippen LogP contribution in [0.25, 0.3) is 0 Å². The summed E-state index contributed by atoms with van der Waals surface area (Å²) in [5, 5.41) is 0.0939. The molecule has 1 N–H and O–H groups in total. The number of nitrogens with one attached hydrogen (secondary N) is 1. The third-order valence-corrected chi connectivity index (χ3v) is 5.00. The quantitative estimate of drug-likeness (QED) is 0.773. The second-order valence-corrected chi connectivity index (χ2v) is 7.26. The molecule has 2 rings (SSSR count). The van der Waals surface area contributed by atoms with Gasteiger partial charge in [0.2, 0.25) is 0 Å². The number of sulfonamides is 1. The molecule has 2 aromatic rings. The van der Waals surface area contributed by atoms with E-state index in [0.29, 0.717) is 10.2 Å². The molecule has 1 aromatic carbocycles. The van der Waals surface area contributed by atoms with E-state index in [1.165, 1.54) is 13.2 Å². The summed E-state index contributed by atoms with van der Waals surface area (Å²) in [6.07, 6.45) is 1.13. The first-order valence-corrected chi connectivity index (χ1v) is 8.54. The first-order valence-electron chi connectivity index (χ1n) is 5.51. The van der Waals surface area contributed by atoms with E-state index in [4.69, 9.17) is 27.9 Å². The maximum atomic E-state index is 12.3. The molecule has 5 nitrogen and oxygen atoms in total. The van der Waals surface area contributed by atoms with Crippen molar-refractivity contribution in [2.75, 3.05) is 11.8 Å². The van der Waals surface area contributed by atoms with Crippen molar-refractivity contribution in [1.82, 2.24) is 4.98 Å². The van der Waals surface area contributed by atoms with E-state index in [-0.39, 0.29) is 20.8 Å². The molecule has 112 valence electrons. The standard InChI is InChI=1S/C12H9BrCl2N2O3S/c1-20-11-3-2-7(13)4-10(11)17-21(18,19)8-5-9(14)12(15)16-6-8/h2-6,17H,1H3. The summed E-state index contributed by atoms with van der Waals surface area (Å²) in [7, 11) is -2.41. The first kappa shape index (κ1) is 16.4. The molecule has 0 amide bonds. The second-order valence-electron chi connectivity index (χ2n) is 3.89. The number of pyridine rings is 1. The van der Waals surface area contributed by atoms with Crippen LogP contribution in [0.15, 0.2) is 39.8 Å². The van der Waals surface area contributed by atoms with Crippen LogP contribution >= 0.6 is 39.1 Å². The normalized spacial score (nSPS) is 11.2. The van der Waals surface area contributed by atoms with Gasteiger partial charge in [0.05, 0.1) is 17.8 Å². The lowest BCUT2D eigenvalue weighted by molar-refractivity contribution is 0.417. The van der Waals surface area contributed by atoms with Crippen LogP contribution in [0, 0.1) is 0 Å². The zero-order valence-corrected chi connectivity index (χ0v) is 14.5. The van der Waals surface area contributed by atoms with Crippen LogP contribution in [0.2, 0.25) is 10.2 Å². The smallest absolute Gasteiger partial charge is 0.263 e. The number of hydrogen-bond donors (Lipinski definition) is 1. The number of rotatable bonds is 4. The molecule has 0 aliphatic carbocycles. The van der Waals surface area contributed by atoms with Crippen molar-refractivity contribution < 1.29 is 13.2 Å². The maximum absolute atomic E-state index is 12.3. The molecule has 0 aliphatic rings. The topological polar surface area (TPSA) is 68.3 Å². The van der Waals surface area contributed by atoms with Gasteiger partial charge >= 0.3 is 0 Å². The highest BCUT2D eigenvalue weighted by Crippen LogP contribution is 2.30. The molecule has 0 radical (unpaired) electrons. The number of hydrogen-bond acceptors (Lipinski definition) is 4. The molecule has 1 aromatic heterocycles. The Hall–Kier alpha value is -1.02. The van der Waals surface area contributed by atoms with Gasteiger partial charge < -0.3 is 4.74 Å². The van der Waals surface area contributed by atoms with Gasteiger partial charge in [-0.1, -0.05) is 39.1 Å². The Labute approximate surface area is 140 Å². The predicted molar refractivity (Wildman–Crippen MR) is 85.8 cm³/mol. The van der Waals surface area contributed by atoms with E-state index in [0.717, 1.165) is 6.20 Å². The Kier molecular flexibility index (Phi) is 4.98. The SMILES string of the molecule is COc1ccc(Br)cc1NS(=O)(=O)c1cnc(Cl)c(Cl)c1. The fourth-order valence-electron chi connectivity index (χ4n) is 1.51. The molecule has 0 aliphatic heterocycles. The van der Waals surface area contributed by atoms with Crippen molar-refractivity contribution >= 4 is 54.8 Å². The monoisotopic (exact) mass is 410 g/mol. The highest BCUT2D eigenvalue weighted by molar-refractivity contribution is 9.10. The Balaban J connectivity index is 2.41. The number of benzene rings is 1. The van der Waals surface area contributed by atoms with Gasteiger partial charge in [-0.25, -0.2) is 13.4 Å². The first-order chi connectivity index (χ1) is 9.83. The molecule has 1 heterocycles. The van der Waals surface area contributed by atoms with Gasteiger partial charge in [0, 0.05) is 10.7 Å². The van der Waals surface area contributed by atoms with Crippen LogP contribution < -0.4 is 9.46 Å². The van der Waals surface area contributed by atoms with Gasteiger partial charge in [-0.2, -0.15) is 0 Å². The Bertz CT molecular complexity index is 784. The minimum atomic E-state index is -3.86. The predicted octanol–water partition coefficient (Wildman–Crippen LogP) is 3.96. The van der Waals surface area contributed by atoms with Crippen molar-refractivity contribution in [3.8, 4) is 5.75 Å². The number of ether oxygens (including phenoxy) is 1. The molecule has 0 saturated heterocycles. The molecule has 0 atom stereocenters. The Morgan fingerprint density at radius 2 is 2.00 bits per heavy atom. The Morgan fingerprint density at radius 3 is 2.62 bits per heavy atom. The third-order valence-electron chi connectivity index (χ3n) is 2.49. The zero-order chi connectivity index (χ0) is 15.6. The minimum absolute atomic E-state index is 0.0376. The average Bonchev–Trinajstić information content (AvgIpc) is 2.41. The summed E-state index contributed by atoms with van der Waals surface area (Å²) in [4.78, 5) is 3.62. The molecule has 0 fully saturated rings. The lowest BCUT2D eigenvalue weighted by atomic mass is 10.3. The molecule has 0 spiro atoms. The highest BCUT2D eigenvalue weighted by atomic mass is 79.9. The van der Waals surface area contributed by atoms with Gasteiger partial charge in [0.1, 0.15) is 15.8 Å². The number of methoxy groups -OCH3 is 1. The number of nitrogens with zero attached hydrogens (tertiary/aromatic N) is 1. The molecule has 9 heteroatoms. The van der Waals surface area contributed by atoms with Crippen LogP contribution in [0.3, 0.4) is 0 Å². The van der Waals surface area contributed by atoms with E-state index in [9.17, 15) is 8.42 Å². The maximum Gasteiger partial charge on any atom is 0.263 e. The molecule has 0 saturated carbocycles. The van der Waals surface area contributed by atoms with E-state index < -0.39 is 10.0 Å². The molecular weight excluding hydrogens is 403 g/mol. The van der Waals surface area contributed by atoms with E-state index in [2.05, 4.69) is 25.6 Å². The fraction of sp³-hybridized carbons (Fsp3) is 0.0833. The van der Waals surface area contributed by atoms with Crippen molar-refractivity contribution in [2.45, 2.75) is 4.90 Å². The summed E-state index contributed by atoms with van der Waals surface area (Å²) in [6.45, 7) is 0. The number of anilines is 1. The van der Waals surface area contributed by atoms with Crippen LogP contribution in [0.5, 0.6) is 5.75 Å².